The van der Waals surface area contributed by atoms with Gasteiger partial charge in [-0.15, -0.1) is 0 Å². The number of para-hydroxylation sites is 1. The van der Waals surface area contributed by atoms with Crippen LogP contribution in [0.1, 0.15) is 5.69 Å². The molecule has 0 bridgehead atoms. The van der Waals surface area contributed by atoms with E-state index in [0.29, 0.717) is 5.96 Å². The van der Waals surface area contributed by atoms with E-state index in [0.717, 1.165) is 29.3 Å². The fourth-order valence-corrected chi connectivity index (χ4v) is 2.60. The van der Waals surface area contributed by atoms with Crippen molar-refractivity contribution < 1.29 is 0 Å². The average Bonchev–Trinajstić information content (AvgIpc) is 2.53. The third kappa shape index (κ3) is 4.65. The number of fused-ring (bicyclic) bond motifs is 1. The lowest BCUT2D eigenvalue weighted by molar-refractivity contribution is 0.930. The summed E-state index contributed by atoms with van der Waals surface area (Å²) in [6, 6.07) is 12.3. The molecule has 0 radical (unpaired) electrons. The molecule has 0 atom stereocenters. The van der Waals surface area contributed by atoms with Crippen molar-refractivity contribution >= 4 is 28.6 Å². The first kappa shape index (κ1) is 15.1. The number of aromatic nitrogens is 1. The van der Waals surface area contributed by atoms with E-state index in [2.05, 4.69) is 38.8 Å². The Morgan fingerprint density at radius 3 is 3.00 bits per heavy atom. The molecule has 2 N–H and O–H groups in total. The molecule has 0 aliphatic rings. The van der Waals surface area contributed by atoms with Crippen LogP contribution in [0.25, 0.3) is 10.9 Å². The maximum atomic E-state index is 8.51. The molecule has 1 aromatic heterocycles. The Hall–Kier alpha value is -2.26. The second-order valence-corrected chi connectivity index (χ2v) is 5.39. The number of benzene rings is 1. The number of nitriles is 1. The third-order valence-corrected chi connectivity index (χ3v) is 3.84. The first-order valence-electron chi connectivity index (χ1n) is 6.61. The number of hydrogen-bond acceptors (Lipinski definition) is 4. The third-order valence-electron chi connectivity index (χ3n) is 2.84. The van der Waals surface area contributed by atoms with Gasteiger partial charge in [-0.25, -0.2) is 0 Å². The molecule has 0 aliphatic heterocycles. The monoisotopic (exact) mass is 299 g/mol. The molecule has 108 valence electrons. The minimum absolute atomic E-state index is 0.502. The van der Waals surface area contributed by atoms with Gasteiger partial charge in [-0.05, 0) is 12.1 Å². The van der Waals surface area contributed by atoms with Crippen LogP contribution in [0, 0.1) is 11.5 Å². The van der Waals surface area contributed by atoms with Crippen LogP contribution >= 0.6 is 11.8 Å². The summed E-state index contributed by atoms with van der Waals surface area (Å²) in [5.41, 5.74) is 2.12. The van der Waals surface area contributed by atoms with E-state index >= 15 is 0 Å². The van der Waals surface area contributed by atoms with E-state index in [1.807, 2.05) is 24.4 Å². The lowest BCUT2D eigenvalue weighted by atomic mass is 10.2. The number of pyridine rings is 1. The smallest absolute Gasteiger partial charge is 0.204 e. The van der Waals surface area contributed by atoms with Gasteiger partial charge in [0.25, 0.3) is 0 Å². The molecule has 0 aliphatic carbocycles. The standard InChI is InChI=1S/C15H17N5S/c1-17-15(19-11-16)18-8-9-21-10-13-7-6-12-4-2-3-5-14(12)20-13/h2-7H,8-10H2,1H3,(H2,17,18,19). The fraction of sp³-hybridized carbons (Fsp3) is 0.267. The molecule has 0 saturated heterocycles. The van der Waals surface area contributed by atoms with Gasteiger partial charge in [0.15, 0.2) is 6.19 Å². The zero-order chi connectivity index (χ0) is 14.9. The van der Waals surface area contributed by atoms with Crippen molar-refractivity contribution in [2.75, 3.05) is 19.3 Å². The lowest BCUT2D eigenvalue weighted by Crippen LogP contribution is -2.35. The Balaban J connectivity index is 1.76. The summed E-state index contributed by atoms with van der Waals surface area (Å²) >= 11 is 1.79. The van der Waals surface area contributed by atoms with Gasteiger partial charge in [-0.3, -0.25) is 15.3 Å². The van der Waals surface area contributed by atoms with Crippen LogP contribution in [0.3, 0.4) is 0 Å². The van der Waals surface area contributed by atoms with Crippen molar-refractivity contribution in [2.45, 2.75) is 5.75 Å². The molecule has 2 rings (SSSR count). The summed E-state index contributed by atoms with van der Waals surface area (Å²) in [6.45, 7) is 0.750. The Labute approximate surface area is 128 Å². The van der Waals surface area contributed by atoms with Gasteiger partial charge in [0.2, 0.25) is 5.96 Å². The molecule has 2 aromatic rings. The summed E-state index contributed by atoms with van der Waals surface area (Å²) in [5, 5.41) is 15.2. The molecular formula is C15H17N5S. The lowest BCUT2D eigenvalue weighted by Gasteiger charge is -2.07. The number of thioether (sulfide) groups is 1. The molecule has 1 aromatic carbocycles. The maximum Gasteiger partial charge on any atom is 0.204 e. The van der Waals surface area contributed by atoms with Crippen molar-refractivity contribution in [3.8, 4) is 6.19 Å². The van der Waals surface area contributed by atoms with Crippen molar-refractivity contribution in [1.29, 1.82) is 5.26 Å². The minimum atomic E-state index is 0.502. The number of hydrogen-bond donors (Lipinski definition) is 2. The maximum absolute atomic E-state index is 8.51. The number of guanidine groups is 1. The van der Waals surface area contributed by atoms with Gasteiger partial charge in [-0.1, -0.05) is 24.3 Å². The van der Waals surface area contributed by atoms with E-state index in [1.54, 1.807) is 18.8 Å². The topological polar surface area (TPSA) is 73.1 Å². The van der Waals surface area contributed by atoms with E-state index in [-0.39, 0.29) is 0 Å². The van der Waals surface area contributed by atoms with E-state index in [9.17, 15) is 0 Å². The molecule has 0 amide bonds. The summed E-state index contributed by atoms with van der Waals surface area (Å²) in [6.07, 6.45) is 1.84. The van der Waals surface area contributed by atoms with Crippen LogP contribution < -0.4 is 10.6 Å². The summed E-state index contributed by atoms with van der Waals surface area (Å²) < 4.78 is 0. The van der Waals surface area contributed by atoms with Crippen molar-refractivity contribution in [3.63, 3.8) is 0 Å². The van der Waals surface area contributed by atoms with Gasteiger partial charge < -0.3 is 5.32 Å². The van der Waals surface area contributed by atoms with Gasteiger partial charge in [0.1, 0.15) is 0 Å². The molecule has 6 heteroatoms. The van der Waals surface area contributed by atoms with Crippen molar-refractivity contribution in [2.24, 2.45) is 4.99 Å². The number of aliphatic imine (C=N–C) groups is 1. The van der Waals surface area contributed by atoms with Crippen molar-refractivity contribution in [3.05, 3.63) is 42.1 Å². The first-order valence-corrected chi connectivity index (χ1v) is 7.77. The predicted molar refractivity (Wildman–Crippen MR) is 88.0 cm³/mol. The fourth-order valence-electron chi connectivity index (χ4n) is 1.84. The highest BCUT2D eigenvalue weighted by atomic mass is 32.2. The second kappa shape index (κ2) is 8.12. The number of rotatable bonds is 5. The van der Waals surface area contributed by atoms with Crippen molar-refractivity contribution in [1.82, 2.24) is 15.6 Å². The summed E-state index contributed by atoms with van der Waals surface area (Å²) in [4.78, 5) is 8.55. The highest BCUT2D eigenvalue weighted by molar-refractivity contribution is 7.98. The zero-order valence-electron chi connectivity index (χ0n) is 11.8. The zero-order valence-corrected chi connectivity index (χ0v) is 12.7. The van der Waals surface area contributed by atoms with Crippen LogP contribution in [0.15, 0.2) is 41.4 Å². The van der Waals surface area contributed by atoms with Crippen LogP contribution in [0.4, 0.5) is 0 Å². The molecule has 21 heavy (non-hydrogen) atoms. The van der Waals surface area contributed by atoms with Crippen LogP contribution in [0.2, 0.25) is 0 Å². The number of nitrogens with one attached hydrogen (secondary N) is 2. The summed E-state index contributed by atoms with van der Waals surface area (Å²) in [5.74, 6) is 2.29. The first-order chi connectivity index (χ1) is 10.3. The summed E-state index contributed by atoms with van der Waals surface area (Å²) in [7, 11) is 1.64. The molecule has 0 unspecified atom stereocenters. The Kier molecular flexibility index (Phi) is 5.85. The van der Waals surface area contributed by atoms with Crippen LogP contribution in [-0.4, -0.2) is 30.3 Å². The largest absolute Gasteiger partial charge is 0.355 e. The van der Waals surface area contributed by atoms with E-state index in [4.69, 9.17) is 5.26 Å². The molecular weight excluding hydrogens is 282 g/mol. The molecule has 5 nitrogen and oxygen atoms in total. The predicted octanol–water partition coefficient (Wildman–Crippen LogP) is 2.11. The minimum Gasteiger partial charge on any atom is -0.355 e. The molecule has 0 spiro atoms. The average molecular weight is 299 g/mol. The second-order valence-electron chi connectivity index (χ2n) is 4.28. The molecule has 0 fully saturated rings. The Morgan fingerprint density at radius 1 is 1.33 bits per heavy atom. The van der Waals surface area contributed by atoms with E-state index in [1.165, 1.54) is 5.39 Å². The Morgan fingerprint density at radius 2 is 2.19 bits per heavy atom. The normalized spacial score (nSPS) is 11.1. The highest BCUT2D eigenvalue weighted by Gasteiger charge is 1.99. The highest BCUT2D eigenvalue weighted by Crippen LogP contribution is 2.15. The number of nitrogens with zero attached hydrogens (tertiary/aromatic N) is 3. The molecule has 0 saturated carbocycles. The van der Waals surface area contributed by atoms with Crippen LogP contribution in [-0.2, 0) is 5.75 Å². The van der Waals surface area contributed by atoms with Gasteiger partial charge in [0.05, 0.1) is 11.2 Å². The van der Waals surface area contributed by atoms with Gasteiger partial charge in [0, 0.05) is 30.5 Å². The van der Waals surface area contributed by atoms with Crippen LogP contribution in [0.5, 0.6) is 0 Å². The van der Waals surface area contributed by atoms with E-state index < -0.39 is 0 Å². The molecule has 1 heterocycles. The van der Waals surface area contributed by atoms with Gasteiger partial charge >= 0.3 is 0 Å². The SMILES string of the molecule is CN=C(NC#N)NCCSCc1ccc2ccccc2n1. The quantitative estimate of drug-likeness (QED) is 0.291. The van der Waals surface area contributed by atoms with Gasteiger partial charge in [-0.2, -0.15) is 17.0 Å². The Bertz CT molecular complexity index is 662.